The summed E-state index contributed by atoms with van der Waals surface area (Å²) in [6.45, 7) is 10.4. The van der Waals surface area contributed by atoms with Crippen molar-refractivity contribution in [3.63, 3.8) is 0 Å². The summed E-state index contributed by atoms with van der Waals surface area (Å²) in [5, 5.41) is 7.82. The summed E-state index contributed by atoms with van der Waals surface area (Å²) < 4.78 is 127. The maximum absolute atomic E-state index is 13.0. The molecule has 1 fully saturated rings. The van der Waals surface area contributed by atoms with Crippen molar-refractivity contribution in [2.75, 3.05) is 26.2 Å². The number of rotatable bonds is 8. The first-order chi connectivity index (χ1) is 19.4. The van der Waals surface area contributed by atoms with Gasteiger partial charge in [-0.25, -0.2) is 16.8 Å². The van der Waals surface area contributed by atoms with Crippen molar-refractivity contribution >= 4 is 37.0 Å². The number of hydrogen-bond donors (Lipinski definition) is 1. The van der Waals surface area contributed by atoms with Crippen LogP contribution in [0.15, 0.2) is 45.7 Å². The molecule has 3 aliphatic rings. The Morgan fingerprint density at radius 3 is 1.93 bits per heavy atom. The Kier molecular flexibility index (Phi) is 10.3. The number of benzene rings is 1. The van der Waals surface area contributed by atoms with Crippen LogP contribution in [0.25, 0.3) is 11.6 Å². The molecule has 1 aromatic rings. The van der Waals surface area contributed by atoms with Crippen LogP contribution in [0.4, 0.5) is 26.3 Å². The van der Waals surface area contributed by atoms with Gasteiger partial charge in [-0.2, -0.15) is 26.3 Å². The molecule has 2 aliphatic carbocycles. The van der Waals surface area contributed by atoms with Crippen LogP contribution < -0.4 is 0 Å². The molecule has 1 aromatic carbocycles. The van der Waals surface area contributed by atoms with Crippen LogP contribution in [0.3, 0.4) is 0 Å². The monoisotopic (exact) mass is 641 g/mol. The van der Waals surface area contributed by atoms with E-state index < -0.39 is 51.8 Å². The summed E-state index contributed by atoms with van der Waals surface area (Å²) in [5.74, 6) is 0. The number of piperidine rings is 1. The van der Waals surface area contributed by atoms with E-state index in [0.29, 0.717) is 0 Å². The normalized spacial score (nSPS) is 18.9. The molecule has 42 heavy (non-hydrogen) atoms. The quantitative estimate of drug-likeness (QED) is 0.185. The number of allylic oxidation sites excluding steroid dienone is 4. The lowest BCUT2D eigenvalue weighted by atomic mass is 9.95. The van der Waals surface area contributed by atoms with Crippen LogP contribution in [-0.2, 0) is 19.7 Å². The van der Waals surface area contributed by atoms with Crippen LogP contribution in [0.5, 0.6) is 0 Å². The molecule has 0 aromatic heterocycles. The molecule has 0 spiro atoms. The van der Waals surface area contributed by atoms with Gasteiger partial charge in [-0.05, 0) is 67.9 Å². The average molecular weight is 642 g/mol. The molecule has 0 unspecified atom stereocenters. The first kappa shape index (κ1) is 34.0. The van der Waals surface area contributed by atoms with Crippen molar-refractivity contribution in [2.24, 2.45) is 0 Å². The van der Waals surface area contributed by atoms with Crippen LogP contribution >= 0.6 is 0 Å². The van der Waals surface area contributed by atoms with Gasteiger partial charge >= 0.3 is 11.0 Å². The SMILES string of the molecule is CCCCCC[N+]1(CC)CCCCC1.N=C1C2=Cc3ccccc3C2=CC(S(=O)(=O)C(F)(F)F)=C1S(=O)(=O)C(F)(F)F. The predicted molar refractivity (Wildman–Crippen MR) is 150 cm³/mol. The fourth-order valence-corrected chi connectivity index (χ4v) is 7.97. The minimum absolute atomic E-state index is 0.153. The molecule has 1 heterocycles. The predicted octanol–water partition coefficient (Wildman–Crippen LogP) is 7.17. The van der Waals surface area contributed by atoms with Gasteiger partial charge in [-0.15, -0.1) is 0 Å². The first-order valence-electron chi connectivity index (χ1n) is 13.8. The van der Waals surface area contributed by atoms with Crippen molar-refractivity contribution in [1.82, 2.24) is 0 Å². The Balaban J connectivity index is 0.000000291. The maximum atomic E-state index is 13.0. The number of likely N-dealkylation sites (tertiary alicyclic amines) is 1. The molecular formula is C28H35F6N2O4S2+. The van der Waals surface area contributed by atoms with Gasteiger partial charge in [0.2, 0.25) is 0 Å². The third kappa shape index (κ3) is 6.70. The topological polar surface area (TPSA) is 92.1 Å². The summed E-state index contributed by atoms with van der Waals surface area (Å²) in [6.07, 6.45) is 11.5. The van der Waals surface area contributed by atoms with Gasteiger partial charge in [0.1, 0.15) is 4.91 Å². The maximum Gasteiger partial charge on any atom is 0.502 e. The number of alkyl halides is 6. The Hall–Kier alpha value is -2.45. The number of sulfone groups is 2. The van der Waals surface area contributed by atoms with E-state index in [0.717, 1.165) is 6.08 Å². The third-order valence-electron chi connectivity index (χ3n) is 7.93. The lowest BCUT2D eigenvalue weighted by Crippen LogP contribution is -2.51. The van der Waals surface area contributed by atoms with Gasteiger partial charge in [0.25, 0.3) is 19.7 Å². The molecular weight excluding hydrogens is 606 g/mol. The van der Waals surface area contributed by atoms with Crippen LogP contribution in [0.1, 0.15) is 69.9 Å². The lowest BCUT2D eigenvalue weighted by molar-refractivity contribution is -0.931. The number of hydrogen-bond acceptors (Lipinski definition) is 5. The molecule has 6 nitrogen and oxygen atoms in total. The Morgan fingerprint density at radius 2 is 1.38 bits per heavy atom. The summed E-state index contributed by atoms with van der Waals surface area (Å²) in [4.78, 5) is -4.38. The second-order valence-electron chi connectivity index (χ2n) is 10.6. The highest BCUT2D eigenvalue weighted by molar-refractivity contribution is 8.00. The van der Waals surface area contributed by atoms with Crippen molar-refractivity contribution < 1.29 is 47.7 Å². The van der Waals surface area contributed by atoms with Crippen molar-refractivity contribution in [3.05, 3.63) is 56.9 Å². The molecule has 0 amide bonds. The fourth-order valence-electron chi connectivity index (χ4n) is 5.51. The van der Waals surface area contributed by atoms with E-state index >= 15 is 0 Å². The molecule has 14 heteroatoms. The standard InChI is InChI=1S/C15H7F6NO4S2.C13H28N/c16-14(17,18)27(23,24)11-6-9-8-4-2-1-3-7(8)5-10(9)12(22)13(11)28(25,26)15(19,20)21;1-3-5-6-8-11-14(4-2)12-9-7-10-13-14/h1-6,22H;3-13H2,1-2H3/q;+1. The highest BCUT2D eigenvalue weighted by atomic mass is 32.2. The molecule has 1 N–H and O–H groups in total. The highest BCUT2D eigenvalue weighted by Gasteiger charge is 2.57. The van der Waals surface area contributed by atoms with Crippen LogP contribution in [0, 0.1) is 5.41 Å². The van der Waals surface area contributed by atoms with E-state index in [1.165, 1.54) is 99.9 Å². The van der Waals surface area contributed by atoms with E-state index in [2.05, 4.69) is 13.8 Å². The van der Waals surface area contributed by atoms with Crippen molar-refractivity contribution in [1.29, 1.82) is 5.41 Å². The van der Waals surface area contributed by atoms with Gasteiger partial charge in [-0.3, -0.25) is 5.41 Å². The van der Waals surface area contributed by atoms with Gasteiger partial charge in [0, 0.05) is 5.57 Å². The Bertz CT molecular complexity index is 1500. The molecule has 1 aliphatic heterocycles. The lowest BCUT2D eigenvalue weighted by Gasteiger charge is -2.41. The molecule has 0 bridgehead atoms. The van der Waals surface area contributed by atoms with E-state index in [-0.39, 0.29) is 22.8 Å². The highest BCUT2D eigenvalue weighted by Crippen LogP contribution is 2.47. The van der Waals surface area contributed by atoms with Gasteiger partial charge < -0.3 is 4.48 Å². The number of unbranched alkanes of at least 4 members (excludes halogenated alkanes) is 3. The Morgan fingerprint density at radius 1 is 0.786 bits per heavy atom. The van der Waals surface area contributed by atoms with Crippen molar-refractivity contribution in [3.8, 4) is 0 Å². The zero-order chi connectivity index (χ0) is 31.6. The van der Waals surface area contributed by atoms with E-state index in [4.69, 9.17) is 5.41 Å². The van der Waals surface area contributed by atoms with E-state index in [9.17, 15) is 43.2 Å². The second-order valence-corrected chi connectivity index (χ2v) is 14.4. The smallest absolute Gasteiger partial charge is 0.324 e. The fraction of sp³-hybridized carbons (Fsp3) is 0.536. The number of nitrogens with zero attached hydrogens (tertiary/aromatic N) is 1. The molecule has 4 rings (SSSR count). The summed E-state index contributed by atoms with van der Waals surface area (Å²) in [5.41, 5.74) is -13.9. The van der Waals surface area contributed by atoms with Gasteiger partial charge in [-0.1, -0.05) is 44.0 Å². The number of quaternary nitrogens is 1. The van der Waals surface area contributed by atoms with Gasteiger partial charge in [0.15, 0.2) is 0 Å². The molecule has 234 valence electrons. The van der Waals surface area contributed by atoms with Crippen LogP contribution in [0.2, 0.25) is 0 Å². The third-order valence-corrected chi connectivity index (χ3v) is 11.1. The largest absolute Gasteiger partial charge is 0.502 e. The number of fused-ring (bicyclic) bond motifs is 3. The van der Waals surface area contributed by atoms with Crippen LogP contribution in [-0.4, -0.2) is 64.2 Å². The summed E-state index contributed by atoms with van der Waals surface area (Å²) >= 11 is 0. The zero-order valence-electron chi connectivity index (χ0n) is 23.4. The summed E-state index contributed by atoms with van der Waals surface area (Å²) in [7, 11) is -13.1. The van der Waals surface area contributed by atoms with Crippen molar-refractivity contribution in [2.45, 2.75) is 69.8 Å². The molecule has 0 radical (unpaired) electrons. The number of halogens is 6. The zero-order valence-corrected chi connectivity index (χ0v) is 25.0. The first-order valence-corrected chi connectivity index (χ1v) is 16.7. The summed E-state index contributed by atoms with van der Waals surface area (Å²) in [6, 6.07) is 5.69. The van der Waals surface area contributed by atoms with Gasteiger partial charge in [0.05, 0.1) is 36.8 Å². The minimum atomic E-state index is -6.58. The molecule has 0 atom stereocenters. The number of nitrogens with one attached hydrogen (secondary N) is 1. The Labute approximate surface area is 242 Å². The van der Waals surface area contributed by atoms with E-state index in [1.54, 1.807) is 0 Å². The second kappa shape index (κ2) is 12.7. The molecule has 1 saturated heterocycles. The average Bonchev–Trinajstić information content (AvgIpc) is 3.30. The van der Waals surface area contributed by atoms with E-state index in [1.807, 2.05) is 0 Å². The molecule has 0 saturated carbocycles. The minimum Gasteiger partial charge on any atom is -0.324 e.